The van der Waals surface area contributed by atoms with Crippen molar-refractivity contribution in [2.24, 2.45) is 0 Å². The van der Waals surface area contributed by atoms with E-state index in [0.29, 0.717) is 18.5 Å². The van der Waals surface area contributed by atoms with E-state index in [4.69, 9.17) is 4.74 Å². The van der Waals surface area contributed by atoms with Crippen molar-refractivity contribution in [3.63, 3.8) is 0 Å². The van der Waals surface area contributed by atoms with Gasteiger partial charge in [0.15, 0.2) is 0 Å². The van der Waals surface area contributed by atoms with E-state index >= 15 is 0 Å². The fourth-order valence-electron chi connectivity index (χ4n) is 1.97. The first-order valence-electron chi connectivity index (χ1n) is 6.91. The van der Waals surface area contributed by atoms with Crippen LogP contribution in [-0.2, 0) is 6.42 Å². The van der Waals surface area contributed by atoms with Gasteiger partial charge in [-0.25, -0.2) is 9.97 Å². The molecule has 1 N–H and O–H groups in total. The van der Waals surface area contributed by atoms with Crippen molar-refractivity contribution in [2.45, 2.75) is 33.2 Å². The first kappa shape index (κ1) is 14.9. The number of thiazole rings is 1. The Morgan fingerprint density at radius 2 is 2.20 bits per heavy atom. The van der Waals surface area contributed by atoms with Gasteiger partial charge in [0.25, 0.3) is 0 Å². The Kier molecular flexibility index (Phi) is 5.49. The number of hydrogen-bond acceptors (Lipinski definition) is 5. The number of nitrogens with zero attached hydrogens (tertiary/aromatic N) is 2. The third kappa shape index (κ3) is 4.02. The lowest BCUT2D eigenvalue weighted by atomic mass is 10.1. The Labute approximate surface area is 124 Å². The molecule has 0 spiro atoms. The largest absolute Gasteiger partial charge is 0.477 e. The highest BCUT2D eigenvalue weighted by molar-refractivity contribution is 7.09. The Balaban J connectivity index is 1.83. The van der Waals surface area contributed by atoms with Gasteiger partial charge in [-0.2, -0.15) is 0 Å². The van der Waals surface area contributed by atoms with E-state index in [-0.39, 0.29) is 0 Å². The number of nitrogens with one attached hydrogen (secondary N) is 1. The predicted octanol–water partition coefficient (Wildman–Crippen LogP) is 3.14. The van der Waals surface area contributed by atoms with Crippen LogP contribution in [0.3, 0.4) is 0 Å². The summed E-state index contributed by atoms with van der Waals surface area (Å²) in [5.41, 5.74) is 4.15. The van der Waals surface area contributed by atoms with Gasteiger partial charge in [0.1, 0.15) is 0 Å². The maximum Gasteiger partial charge on any atom is 0.213 e. The lowest BCUT2D eigenvalue weighted by Crippen LogP contribution is -2.17. The van der Waals surface area contributed by atoms with Crippen LogP contribution in [0.1, 0.15) is 36.0 Å². The molecule has 108 valence electrons. The molecule has 0 radical (unpaired) electrons. The minimum Gasteiger partial charge on any atom is -0.477 e. The summed E-state index contributed by atoms with van der Waals surface area (Å²) in [5, 5.41) is 3.36. The maximum atomic E-state index is 5.68. The second-order valence-electron chi connectivity index (χ2n) is 4.67. The third-order valence-corrected chi connectivity index (χ3v) is 4.19. The molecule has 0 fully saturated rings. The van der Waals surface area contributed by atoms with Crippen LogP contribution in [0.4, 0.5) is 0 Å². The van der Waals surface area contributed by atoms with Crippen molar-refractivity contribution in [3.05, 3.63) is 40.0 Å². The molecule has 2 rings (SSSR count). The monoisotopic (exact) mass is 291 g/mol. The predicted molar refractivity (Wildman–Crippen MR) is 82.4 cm³/mol. The van der Waals surface area contributed by atoms with Crippen LogP contribution in [0.5, 0.6) is 5.88 Å². The van der Waals surface area contributed by atoms with Crippen LogP contribution in [0, 0.1) is 6.92 Å². The second kappa shape index (κ2) is 7.36. The van der Waals surface area contributed by atoms with Crippen molar-refractivity contribution in [1.29, 1.82) is 0 Å². The van der Waals surface area contributed by atoms with Gasteiger partial charge < -0.3 is 10.1 Å². The van der Waals surface area contributed by atoms with Gasteiger partial charge in [-0.05, 0) is 26.0 Å². The van der Waals surface area contributed by atoms with Gasteiger partial charge in [0, 0.05) is 29.6 Å². The van der Waals surface area contributed by atoms with E-state index in [1.54, 1.807) is 11.3 Å². The standard InChI is InChI=1S/C15H21N3OS/c1-4-16-11(2)13-5-6-15(17-9-13)19-8-7-14-12(3)18-10-20-14/h5-6,9-11,16H,4,7-8H2,1-3H3. The summed E-state index contributed by atoms with van der Waals surface area (Å²) < 4.78 is 5.68. The minimum atomic E-state index is 0.321. The molecule has 2 aromatic rings. The molecule has 20 heavy (non-hydrogen) atoms. The van der Waals surface area contributed by atoms with Gasteiger partial charge >= 0.3 is 0 Å². The molecule has 5 heteroatoms. The topological polar surface area (TPSA) is 47.0 Å². The summed E-state index contributed by atoms with van der Waals surface area (Å²) in [6.45, 7) is 7.85. The fourth-order valence-corrected chi connectivity index (χ4v) is 2.73. The molecule has 0 aromatic carbocycles. The molecular formula is C15H21N3OS. The van der Waals surface area contributed by atoms with Crippen molar-refractivity contribution in [2.75, 3.05) is 13.2 Å². The Bertz CT molecular complexity index is 524. The van der Waals surface area contributed by atoms with E-state index in [1.807, 2.05) is 24.7 Å². The molecule has 4 nitrogen and oxygen atoms in total. The van der Waals surface area contributed by atoms with Crippen LogP contribution in [-0.4, -0.2) is 23.1 Å². The van der Waals surface area contributed by atoms with Crippen LogP contribution in [0.25, 0.3) is 0 Å². The second-order valence-corrected chi connectivity index (χ2v) is 5.61. The van der Waals surface area contributed by atoms with Crippen LogP contribution in [0.2, 0.25) is 0 Å². The van der Waals surface area contributed by atoms with Gasteiger partial charge in [-0.1, -0.05) is 13.0 Å². The molecule has 2 aromatic heterocycles. The van der Waals surface area contributed by atoms with E-state index in [2.05, 4.69) is 35.2 Å². The van der Waals surface area contributed by atoms with Crippen molar-refractivity contribution >= 4 is 11.3 Å². The molecule has 1 atom stereocenters. The quantitative estimate of drug-likeness (QED) is 0.851. The Morgan fingerprint density at radius 3 is 2.80 bits per heavy atom. The van der Waals surface area contributed by atoms with Crippen LogP contribution in [0.15, 0.2) is 23.8 Å². The summed E-state index contributed by atoms with van der Waals surface area (Å²) in [7, 11) is 0. The van der Waals surface area contributed by atoms with E-state index in [0.717, 1.165) is 18.7 Å². The average Bonchev–Trinajstić information content (AvgIpc) is 2.85. The van der Waals surface area contributed by atoms with E-state index in [9.17, 15) is 0 Å². The molecule has 0 saturated carbocycles. The van der Waals surface area contributed by atoms with Crippen LogP contribution < -0.4 is 10.1 Å². The zero-order valence-electron chi connectivity index (χ0n) is 12.2. The van der Waals surface area contributed by atoms with Crippen molar-refractivity contribution in [1.82, 2.24) is 15.3 Å². The summed E-state index contributed by atoms with van der Waals surface area (Å²) in [5.74, 6) is 0.680. The Hall–Kier alpha value is -1.46. The number of ether oxygens (including phenoxy) is 1. The molecule has 0 amide bonds. The number of aryl methyl sites for hydroxylation is 1. The smallest absolute Gasteiger partial charge is 0.213 e. The molecule has 0 bridgehead atoms. The minimum absolute atomic E-state index is 0.321. The van der Waals surface area contributed by atoms with Crippen molar-refractivity contribution in [3.8, 4) is 5.88 Å². The third-order valence-electron chi connectivity index (χ3n) is 3.19. The van der Waals surface area contributed by atoms with E-state index in [1.165, 1.54) is 10.4 Å². The highest BCUT2D eigenvalue weighted by atomic mass is 32.1. The zero-order valence-corrected chi connectivity index (χ0v) is 13.0. The van der Waals surface area contributed by atoms with Crippen molar-refractivity contribution < 1.29 is 4.74 Å². The van der Waals surface area contributed by atoms with Crippen LogP contribution >= 0.6 is 11.3 Å². The molecule has 1 unspecified atom stereocenters. The first-order valence-corrected chi connectivity index (χ1v) is 7.79. The summed E-state index contributed by atoms with van der Waals surface area (Å²) in [6.07, 6.45) is 2.76. The maximum absolute atomic E-state index is 5.68. The molecule has 0 aliphatic heterocycles. The first-order chi connectivity index (χ1) is 9.70. The van der Waals surface area contributed by atoms with Gasteiger partial charge in [-0.3, -0.25) is 0 Å². The van der Waals surface area contributed by atoms with E-state index < -0.39 is 0 Å². The lowest BCUT2D eigenvalue weighted by molar-refractivity contribution is 0.310. The number of hydrogen-bond donors (Lipinski definition) is 1. The fraction of sp³-hybridized carbons (Fsp3) is 0.467. The highest BCUT2D eigenvalue weighted by Crippen LogP contribution is 2.16. The molecular weight excluding hydrogens is 270 g/mol. The molecule has 0 aliphatic carbocycles. The molecule has 2 heterocycles. The Morgan fingerprint density at radius 1 is 1.35 bits per heavy atom. The lowest BCUT2D eigenvalue weighted by Gasteiger charge is -2.12. The highest BCUT2D eigenvalue weighted by Gasteiger charge is 2.05. The number of pyridine rings is 1. The van der Waals surface area contributed by atoms with Gasteiger partial charge in [0.2, 0.25) is 5.88 Å². The summed E-state index contributed by atoms with van der Waals surface area (Å²) in [4.78, 5) is 9.86. The average molecular weight is 291 g/mol. The summed E-state index contributed by atoms with van der Waals surface area (Å²) >= 11 is 1.68. The number of rotatable bonds is 7. The number of aromatic nitrogens is 2. The van der Waals surface area contributed by atoms with Gasteiger partial charge in [-0.15, -0.1) is 11.3 Å². The molecule has 0 saturated heterocycles. The SMILES string of the molecule is CCNC(C)c1ccc(OCCc2scnc2C)nc1. The summed E-state index contributed by atoms with van der Waals surface area (Å²) in [6, 6.07) is 4.32. The van der Waals surface area contributed by atoms with Gasteiger partial charge in [0.05, 0.1) is 17.8 Å². The zero-order chi connectivity index (χ0) is 14.4. The normalized spacial score (nSPS) is 12.3. The molecule has 0 aliphatic rings.